The van der Waals surface area contributed by atoms with Gasteiger partial charge in [-0.3, -0.25) is 0 Å². The maximum Gasteiger partial charge on any atom is 0.168 e. The number of anilines is 2. The second-order valence-corrected chi connectivity index (χ2v) is 6.75. The zero-order valence-corrected chi connectivity index (χ0v) is 15.4. The van der Waals surface area contributed by atoms with Crippen LogP contribution in [0.2, 0.25) is 0 Å². The Kier molecular flexibility index (Phi) is 3.92. The zero-order chi connectivity index (χ0) is 18.3. The predicted molar refractivity (Wildman–Crippen MR) is 105 cm³/mol. The van der Waals surface area contributed by atoms with Gasteiger partial charge in [-0.15, -0.1) is 0 Å². The van der Waals surface area contributed by atoms with Gasteiger partial charge in [0.05, 0.1) is 17.3 Å². The summed E-state index contributed by atoms with van der Waals surface area (Å²) in [6, 6.07) is 12.6. The first-order valence-electron chi connectivity index (χ1n) is 8.63. The topological polar surface area (TPSA) is 55.6 Å². The molecule has 4 aromatic rings. The van der Waals surface area contributed by atoms with Gasteiger partial charge in [0.25, 0.3) is 0 Å². The first-order valence-corrected chi connectivity index (χ1v) is 8.63. The molecule has 0 amide bonds. The molecule has 2 heterocycles. The fourth-order valence-corrected chi connectivity index (χ4v) is 3.24. The molecule has 0 spiro atoms. The van der Waals surface area contributed by atoms with Crippen molar-refractivity contribution in [2.45, 2.75) is 27.7 Å². The van der Waals surface area contributed by atoms with Crippen LogP contribution in [0.5, 0.6) is 0 Å². The number of nitrogens with one attached hydrogen (secondary N) is 1. The standard InChI is InChI=1S/C21H21N5/c1-13-5-7-18(15(3)9-13)25-20-17-11-24-26(21(17)23-12-22-20)19-8-6-14(2)10-16(19)4/h5-12H,1-4H3,(H,22,23,25). The molecule has 0 aliphatic rings. The summed E-state index contributed by atoms with van der Waals surface area (Å²) in [4.78, 5) is 8.90. The van der Waals surface area contributed by atoms with E-state index in [1.165, 1.54) is 16.7 Å². The van der Waals surface area contributed by atoms with E-state index in [0.29, 0.717) is 0 Å². The molecule has 0 atom stereocenters. The number of aromatic nitrogens is 4. The van der Waals surface area contributed by atoms with E-state index in [-0.39, 0.29) is 0 Å². The van der Waals surface area contributed by atoms with Crippen molar-refractivity contribution in [1.29, 1.82) is 0 Å². The van der Waals surface area contributed by atoms with Gasteiger partial charge in [-0.2, -0.15) is 5.10 Å². The quantitative estimate of drug-likeness (QED) is 0.581. The number of fused-ring (bicyclic) bond motifs is 1. The molecule has 0 bridgehead atoms. The van der Waals surface area contributed by atoms with Gasteiger partial charge in [-0.1, -0.05) is 35.4 Å². The van der Waals surface area contributed by atoms with Crippen LogP contribution in [0.3, 0.4) is 0 Å². The molecule has 0 radical (unpaired) electrons. The summed E-state index contributed by atoms with van der Waals surface area (Å²) in [7, 11) is 0. The summed E-state index contributed by atoms with van der Waals surface area (Å²) in [5, 5.41) is 8.89. The van der Waals surface area contributed by atoms with Gasteiger partial charge in [0.15, 0.2) is 5.65 Å². The summed E-state index contributed by atoms with van der Waals surface area (Å²) >= 11 is 0. The smallest absolute Gasteiger partial charge is 0.168 e. The summed E-state index contributed by atoms with van der Waals surface area (Å²) in [6.45, 7) is 8.36. The van der Waals surface area contributed by atoms with Crippen LogP contribution in [-0.4, -0.2) is 19.7 Å². The van der Waals surface area contributed by atoms with Gasteiger partial charge in [0.2, 0.25) is 0 Å². The van der Waals surface area contributed by atoms with Crippen molar-refractivity contribution in [2.24, 2.45) is 0 Å². The van der Waals surface area contributed by atoms with Gasteiger partial charge in [0.1, 0.15) is 12.1 Å². The zero-order valence-electron chi connectivity index (χ0n) is 15.4. The fourth-order valence-electron chi connectivity index (χ4n) is 3.24. The molecule has 0 aliphatic heterocycles. The minimum atomic E-state index is 0.762. The van der Waals surface area contributed by atoms with E-state index in [4.69, 9.17) is 0 Å². The first-order chi connectivity index (χ1) is 12.5. The van der Waals surface area contributed by atoms with Crippen LogP contribution in [0.4, 0.5) is 11.5 Å². The summed E-state index contributed by atoms with van der Waals surface area (Å²) in [5.41, 5.74) is 7.67. The normalized spacial score (nSPS) is 11.1. The Bertz CT molecular complexity index is 1110. The van der Waals surface area contributed by atoms with Crippen LogP contribution in [0.25, 0.3) is 16.7 Å². The SMILES string of the molecule is Cc1ccc(Nc2ncnc3c2cnn3-c2ccc(C)cc2C)c(C)c1. The third kappa shape index (κ3) is 2.81. The highest BCUT2D eigenvalue weighted by molar-refractivity contribution is 5.89. The largest absolute Gasteiger partial charge is 0.339 e. The van der Waals surface area contributed by atoms with E-state index in [9.17, 15) is 0 Å². The Morgan fingerprint density at radius 3 is 2.31 bits per heavy atom. The molecule has 26 heavy (non-hydrogen) atoms. The van der Waals surface area contributed by atoms with Crippen LogP contribution >= 0.6 is 0 Å². The summed E-state index contributed by atoms with van der Waals surface area (Å²) in [5.74, 6) is 0.762. The van der Waals surface area contributed by atoms with Gasteiger partial charge >= 0.3 is 0 Å². The van der Waals surface area contributed by atoms with Crippen molar-refractivity contribution in [1.82, 2.24) is 19.7 Å². The van der Waals surface area contributed by atoms with E-state index in [1.807, 2.05) is 10.9 Å². The highest BCUT2D eigenvalue weighted by Crippen LogP contribution is 2.27. The highest BCUT2D eigenvalue weighted by Gasteiger charge is 2.13. The average molecular weight is 343 g/mol. The minimum absolute atomic E-state index is 0.762. The number of rotatable bonds is 3. The van der Waals surface area contributed by atoms with E-state index in [2.05, 4.69) is 84.5 Å². The molecule has 1 N–H and O–H groups in total. The van der Waals surface area contributed by atoms with Crippen molar-refractivity contribution in [2.75, 3.05) is 5.32 Å². The summed E-state index contributed by atoms with van der Waals surface area (Å²) < 4.78 is 1.87. The Hall–Kier alpha value is -3.21. The van der Waals surface area contributed by atoms with Crippen LogP contribution in [0.15, 0.2) is 48.9 Å². The van der Waals surface area contributed by atoms with E-state index >= 15 is 0 Å². The van der Waals surface area contributed by atoms with Crippen LogP contribution in [0.1, 0.15) is 22.3 Å². The van der Waals surface area contributed by atoms with Crippen LogP contribution in [0, 0.1) is 27.7 Å². The third-order valence-electron chi connectivity index (χ3n) is 4.58. The third-order valence-corrected chi connectivity index (χ3v) is 4.58. The molecule has 130 valence electrons. The number of benzene rings is 2. The van der Waals surface area contributed by atoms with Crippen molar-refractivity contribution in [3.63, 3.8) is 0 Å². The van der Waals surface area contributed by atoms with Crippen LogP contribution < -0.4 is 5.32 Å². The molecule has 0 saturated carbocycles. The van der Waals surface area contributed by atoms with Crippen molar-refractivity contribution in [3.05, 3.63) is 71.2 Å². The molecule has 2 aromatic heterocycles. The van der Waals surface area contributed by atoms with Crippen molar-refractivity contribution < 1.29 is 0 Å². The number of hydrogen-bond acceptors (Lipinski definition) is 4. The molecular weight excluding hydrogens is 322 g/mol. The Morgan fingerprint density at radius 2 is 1.58 bits per heavy atom. The Morgan fingerprint density at radius 1 is 0.846 bits per heavy atom. The van der Waals surface area contributed by atoms with Gasteiger partial charge in [0, 0.05) is 5.69 Å². The van der Waals surface area contributed by atoms with E-state index in [1.54, 1.807) is 6.33 Å². The van der Waals surface area contributed by atoms with E-state index in [0.717, 1.165) is 33.8 Å². The number of aryl methyl sites for hydroxylation is 4. The first kappa shape index (κ1) is 16.3. The van der Waals surface area contributed by atoms with Crippen molar-refractivity contribution in [3.8, 4) is 5.69 Å². The van der Waals surface area contributed by atoms with Crippen molar-refractivity contribution >= 4 is 22.5 Å². The van der Waals surface area contributed by atoms with E-state index < -0.39 is 0 Å². The molecule has 4 rings (SSSR count). The second-order valence-electron chi connectivity index (χ2n) is 6.75. The molecule has 0 unspecified atom stereocenters. The monoisotopic (exact) mass is 343 g/mol. The number of hydrogen-bond donors (Lipinski definition) is 1. The fraction of sp³-hybridized carbons (Fsp3) is 0.190. The van der Waals surface area contributed by atoms with Gasteiger partial charge < -0.3 is 5.32 Å². The Labute approximate surface area is 152 Å². The maximum atomic E-state index is 4.57. The molecule has 5 nitrogen and oxygen atoms in total. The number of nitrogens with zero attached hydrogens (tertiary/aromatic N) is 4. The predicted octanol–water partition coefficient (Wildman–Crippen LogP) is 4.79. The molecule has 2 aromatic carbocycles. The molecular formula is C21H21N5. The lowest BCUT2D eigenvalue weighted by molar-refractivity contribution is 0.886. The molecule has 5 heteroatoms. The van der Waals surface area contributed by atoms with Gasteiger partial charge in [-0.25, -0.2) is 14.6 Å². The summed E-state index contributed by atoms with van der Waals surface area (Å²) in [6.07, 6.45) is 3.40. The Balaban J connectivity index is 1.80. The molecule has 0 saturated heterocycles. The highest BCUT2D eigenvalue weighted by atomic mass is 15.3. The lowest BCUT2D eigenvalue weighted by Crippen LogP contribution is -2.02. The minimum Gasteiger partial charge on any atom is -0.339 e. The average Bonchev–Trinajstić information content (AvgIpc) is 3.02. The lowest BCUT2D eigenvalue weighted by atomic mass is 10.1. The van der Waals surface area contributed by atoms with Crippen LogP contribution in [-0.2, 0) is 0 Å². The molecule has 0 fully saturated rings. The second kappa shape index (κ2) is 6.26. The lowest BCUT2D eigenvalue weighted by Gasteiger charge is -2.11. The van der Waals surface area contributed by atoms with Gasteiger partial charge in [-0.05, 0) is 51.0 Å². The maximum absolute atomic E-state index is 4.57. The molecule has 0 aliphatic carbocycles.